The van der Waals surface area contributed by atoms with Gasteiger partial charge in [-0.1, -0.05) is 47.9 Å². The van der Waals surface area contributed by atoms with Gasteiger partial charge in [0.05, 0.1) is 0 Å². The molecule has 2 aromatic rings. The molecule has 0 unspecified atom stereocenters. The molecule has 0 atom stereocenters. The Kier molecular flexibility index (Phi) is 1.87. The van der Waals surface area contributed by atoms with Gasteiger partial charge in [-0.05, 0) is 12.7 Å². The third-order valence-electron chi connectivity index (χ3n) is 2.55. The van der Waals surface area contributed by atoms with Crippen molar-refractivity contribution >= 4 is 23.5 Å². The summed E-state index contributed by atoms with van der Waals surface area (Å²) in [6.07, 6.45) is 0. The highest BCUT2D eigenvalue weighted by Crippen LogP contribution is 2.09. The lowest BCUT2D eigenvalue weighted by atomic mass is 9.71. The summed E-state index contributed by atoms with van der Waals surface area (Å²) >= 11 is 0. The quantitative estimate of drug-likeness (QED) is 0.549. The first kappa shape index (κ1) is 7.42. The standard InChI is InChI=1S/C11H12B/c1-12-11-8-4-6-9-5-2-3-7-10(9)11/h2-8H,12H2,1H3/q-1. The monoisotopic (exact) mass is 155 g/mol. The van der Waals surface area contributed by atoms with E-state index in [9.17, 15) is 0 Å². The molecular weight excluding hydrogens is 143 g/mol. The molecule has 0 heterocycles. The molecule has 0 N–H and O–H groups in total. The highest BCUT2D eigenvalue weighted by molar-refractivity contribution is 6.55. The Hall–Kier alpha value is -1.24. The minimum atomic E-state index is 0.0837. The van der Waals surface area contributed by atoms with Gasteiger partial charge in [0.1, 0.15) is 0 Å². The third-order valence-corrected chi connectivity index (χ3v) is 2.55. The van der Waals surface area contributed by atoms with Crippen LogP contribution in [0, 0.1) is 0 Å². The molecule has 0 radical (unpaired) electrons. The fourth-order valence-electron chi connectivity index (χ4n) is 1.82. The Morgan fingerprint density at radius 2 is 1.67 bits per heavy atom. The molecule has 2 aromatic carbocycles. The van der Waals surface area contributed by atoms with Crippen LogP contribution in [0.1, 0.15) is 0 Å². The second kappa shape index (κ2) is 3.02. The Bertz CT molecular complexity index is 388. The van der Waals surface area contributed by atoms with E-state index in [1.807, 2.05) is 0 Å². The average Bonchev–Trinajstić information content (AvgIpc) is 2.17. The zero-order valence-corrected chi connectivity index (χ0v) is 7.54. The highest BCUT2D eigenvalue weighted by atomic mass is 13.9. The van der Waals surface area contributed by atoms with Gasteiger partial charge in [0.15, 0.2) is 0 Å². The smallest absolute Gasteiger partial charge is 0.00660 e. The number of hydrogen-bond donors (Lipinski definition) is 0. The number of fused-ring (bicyclic) bond motifs is 1. The first-order chi connectivity index (χ1) is 5.92. The molecule has 0 aromatic heterocycles. The SMILES string of the molecule is C[BH2-]c1cccc2ccccc12. The molecule has 0 amide bonds. The van der Waals surface area contributed by atoms with Crippen LogP contribution in [0.3, 0.4) is 0 Å². The first-order valence-corrected chi connectivity index (χ1v) is 4.82. The summed E-state index contributed by atoms with van der Waals surface area (Å²) < 4.78 is 0. The third kappa shape index (κ3) is 1.12. The van der Waals surface area contributed by atoms with Crippen molar-refractivity contribution in [1.29, 1.82) is 0 Å². The number of rotatable bonds is 1. The second-order valence-corrected chi connectivity index (χ2v) is 3.30. The molecule has 0 saturated heterocycles. The van der Waals surface area contributed by atoms with Gasteiger partial charge < -0.3 is 0 Å². The molecular formula is C11H12B-. The van der Waals surface area contributed by atoms with E-state index in [2.05, 4.69) is 49.3 Å². The number of hydrogen-bond acceptors (Lipinski definition) is 0. The van der Waals surface area contributed by atoms with Gasteiger partial charge in [0, 0.05) is 0 Å². The summed E-state index contributed by atoms with van der Waals surface area (Å²) in [7, 11) is 0.0837. The van der Waals surface area contributed by atoms with Crippen LogP contribution in [0.4, 0.5) is 0 Å². The molecule has 0 nitrogen and oxygen atoms in total. The van der Waals surface area contributed by atoms with Crippen molar-refractivity contribution in [3.63, 3.8) is 0 Å². The minimum absolute atomic E-state index is 0.0837. The molecule has 0 bridgehead atoms. The lowest BCUT2D eigenvalue weighted by Gasteiger charge is -2.07. The largest absolute Gasteiger partial charge is 0.210 e. The number of benzene rings is 2. The van der Waals surface area contributed by atoms with Crippen LogP contribution in [0.2, 0.25) is 6.82 Å². The average molecular weight is 155 g/mol. The molecule has 0 spiro atoms. The van der Waals surface area contributed by atoms with Crippen molar-refractivity contribution < 1.29 is 0 Å². The van der Waals surface area contributed by atoms with Crippen molar-refractivity contribution in [2.75, 3.05) is 0 Å². The van der Waals surface area contributed by atoms with E-state index < -0.39 is 0 Å². The van der Waals surface area contributed by atoms with E-state index in [1.54, 1.807) is 5.46 Å². The van der Waals surface area contributed by atoms with Crippen LogP contribution in [0.25, 0.3) is 10.8 Å². The molecule has 0 aliphatic rings. The summed E-state index contributed by atoms with van der Waals surface area (Å²) in [5.74, 6) is 0. The molecule has 0 saturated carbocycles. The van der Waals surface area contributed by atoms with Crippen LogP contribution in [0.5, 0.6) is 0 Å². The van der Waals surface area contributed by atoms with Gasteiger partial charge in [-0.25, -0.2) is 5.46 Å². The minimum Gasteiger partial charge on any atom is -0.210 e. The lowest BCUT2D eigenvalue weighted by Crippen LogP contribution is -2.10. The normalized spacial score (nSPS) is 10.4. The summed E-state index contributed by atoms with van der Waals surface area (Å²) in [5, 5.41) is 2.82. The van der Waals surface area contributed by atoms with E-state index in [0.717, 1.165) is 0 Å². The molecule has 0 aliphatic heterocycles. The van der Waals surface area contributed by atoms with Gasteiger partial charge in [-0.15, -0.1) is 0 Å². The highest BCUT2D eigenvalue weighted by Gasteiger charge is 1.91. The van der Waals surface area contributed by atoms with Crippen LogP contribution < -0.4 is 5.46 Å². The van der Waals surface area contributed by atoms with Crippen LogP contribution >= 0.6 is 0 Å². The van der Waals surface area contributed by atoms with Crippen molar-refractivity contribution in [3.8, 4) is 0 Å². The summed E-state index contributed by atoms with van der Waals surface area (Å²) in [4.78, 5) is 0. The Morgan fingerprint density at radius 3 is 2.50 bits per heavy atom. The molecule has 12 heavy (non-hydrogen) atoms. The van der Waals surface area contributed by atoms with Gasteiger partial charge in [0.2, 0.25) is 0 Å². The predicted molar refractivity (Wildman–Crippen MR) is 58.0 cm³/mol. The molecule has 60 valence electrons. The van der Waals surface area contributed by atoms with Crippen molar-refractivity contribution in [2.45, 2.75) is 6.82 Å². The van der Waals surface area contributed by atoms with Crippen LogP contribution in [-0.2, 0) is 0 Å². The topological polar surface area (TPSA) is 0 Å². The zero-order valence-electron chi connectivity index (χ0n) is 7.54. The first-order valence-electron chi connectivity index (χ1n) is 4.82. The van der Waals surface area contributed by atoms with Gasteiger partial charge in [0.25, 0.3) is 0 Å². The maximum atomic E-state index is 2.32. The van der Waals surface area contributed by atoms with Crippen molar-refractivity contribution in [1.82, 2.24) is 0 Å². The lowest BCUT2D eigenvalue weighted by molar-refractivity contribution is 1.78. The van der Waals surface area contributed by atoms with Crippen molar-refractivity contribution in [3.05, 3.63) is 42.5 Å². The Morgan fingerprint density at radius 1 is 0.917 bits per heavy atom. The second-order valence-electron chi connectivity index (χ2n) is 3.30. The summed E-state index contributed by atoms with van der Waals surface area (Å²) in [6, 6.07) is 15.2. The van der Waals surface area contributed by atoms with E-state index in [-0.39, 0.29) is 7.28 Å². The fourth-order valence-corrected chi connectivity index (χ4v) is 1.82. The molecule has 0 aliphatic carbocycles. The molecule has 1 heteroatoms. The van der Waals surface area contributed by atoms with Gasteiger partial charge in [-0.2, -0.15) is 6.82 Å². The van der Waals surface area contributed by atoms with Crippen LogP contribution in [-0.4, -0.2) is 7.28 Å². The van der Waals surface area contributed by atoms with E-state index in [4.69, 9.17) is 0 Å². The fraction of sp³-hybridized carbons (Fsp3) is 0.0909. The van der Waals surface area contributed by atoms with Gasteiger partial charge in [-0.3, -0.25) is 0 Å². The molecule has 2 rings (SSSR count). The maximum Gasteiger partial charge on any atom is -0.00660 e. The molecule has 0 fully saturated rings. The van der Waals surface area contributed by atoms with Crippen molar-refractivity contribution in [2.24, 2.45) is 0 Å². The summed E-state index contributed by atoms with van der Waals surface area (Å²) in [6.45, 7) is 2.32. The zero-order chi connectivity index (χ0) is 8.39. The van der Waals surface area contributed by atoms with E-state index in [1.165, 1.54) is 10.8 Å². The van der Waals surface area contributed by atoms with Crippen LogP contribution in [0.15, 0.2) is 42.5 Å². The van der Waals surface area contributed by atoms with Gasteiger partial charge >= 0.3 is 0 Å². The Balaban J connectivity index is 2.79. The summed E-state index contributed by atoms with van der Waals surface area (Å²) in [5.41, 5.74) is 1.56. The maximum absolute atomic E-state index is 2.32. The Labute approximate surface area is 73.5 Å². The van der Waals surface area contributed by atoms with E-state index >= 15 is 0 Å². The van der Waals surface area contributed by atoms with E-state index in [0.29, 0.717) is 0 Å². The predicted octanol–water partition coefficient (Wildman–Crippen LogP) is 1.68.